The molecule has 0 atom stereocenters. The normalized spacial score (nSPS) is 10.4. The third-order valence-electron chi connectivity index (χ3n) is 2.85. The van der Waals surface area contributed by atoms with Gasteiger partial charge in [0.25, 0.3) is 5.91 Å². The number of hydrogen-bond acceptors (Lipinski definition) is 3. The molecule has 0 aliphatic rings. The van der Waals surface area contributed by atoms with Crippen molar-refractivity contribution >= 4 is 11.6 Å². The van der Waals surface area contributed by atoms with Gasteiger partial charge >= 0.3 is 0 Å². The zero-order valence-electron chi connectivity index (χ0n) is 10.8. The molecule has 19 heavy (non-hydrogen) atoms. The van der Waals surface area contributed by atoms with Gasteiger partial charge in [0.05, 0.1) is 0 Å². The average molecular weight is 259 g/mol. The predicted octanol–water partition coefficient (Wildman–Crippen LogP) is 2.63. The molecule has 2 N–H and O–H groups in total. The molecular weight excluding hydrogens is 242 g/mol. The summed E-state index contributed by atoms with van der Waals surface area (Å²) in [4.78, 5) is 11.9. The molecular formula is C15H17NO3. The predicted molar refractivity (Wildman–Crippen MR) is 73.3 cm³/mol. The lowest BCUT2D eigenvalue weighted by Crippen LogP contribution is -2.10. The Bertz CT molecular complexity index is 543. The molecule has 100 valence electrons. The van der Waals surface area contributed by atoms with Crippen molar-refractivity contribution in [3.8, 4) is 0 Å². The number of aliphatic hydroxyl groups is 1. The molecule has 0 aliphatic heterocycles. The molecule has 0 bridgehead atoms. The monoisotopic (exact) mass is 259 g/mol. The van der Waals surface area contributed by atoms with Crippen molar-refractivity contribution in [2.45, 2.75) is 19.8 Å². The van der Waals surface area contributed by atoms with Gasteiger partial charge in [0.1, 0.15) is 5.76 Å². The van der Waals surface area contributed by atoms with Gasteiger partial charge < -0.3 is 14.8 Å². The molecule has 1 aromatic carbocycles. The van der Waals surface area contributed by atoms with Crippen molar-refractivity contribution in [3.63, 3.8) is 0 Å². The largest absolute Gasteiger partial charge is 0.456 e. The molecule has 2 rings (SSSR count). The first-order chi connectivity index (χ1) is 9.22. The first kappa shape index (κ1) is 13.4. The summed E-state index contributed by atoms with van der Waals surface area (Å²) in [5.74, 6) is 0.856. The van der Waals surface area contributed by atoms with E-state index in [4.69, 9.17) is 9.52 Å². The summed E-state index contributed by atoms with van der Waals surface area (Å²) < 4.78 is 5.38. The van der Waals surface area contributed by atoms with Crippen molar-refractivity contribution in [1.29, 1.82) is 0 Å². The Morgan fingerprint density at radius 1 is 1.21 bits per heavy atom. The molecule has 1 heterocycles. The second-order valence-electron chi connectivity index (χ2n) is 4.24. The number of carbonyl (C=O) groups is 1. The van der Waals surface area contributed by atoms with Gasteiger partial charge in [-0.1, -0.05) is 19.1 Å². The second-order valence-corrected chi connectivity index (χ2v) is 4.24. The van der Waals surface area contributed by atoms with E-state index in [1.807, 2.05) is 31.2 Å². The Morgan fingerprint density at radius 2 is 1.95 bits per heavy atom. The van der Waals surface area contributed by atoms with E-state index in [0.29, 0.717) is 17.9 Å². The van der Waals surface area contributed by atoms with E-state index < -0.39 is 0 Å². The Balaban J connectivity index is 2.01. The van der Waals surface area contributed by atoms with Crippen LogP contribution in [0.5, 0.6) is 0 Å². The lowest BCUT2D eigenvalue weighted by Gasteiger charge is -2.04. The van der Waals surface area contributed by atoms with E-state index in [0.717, 1.165) is 17.7 Å². The van der Waals surface area contributed by atoms with Crippen molar-refractivity contribution in [1.82, 2.24) is 0 Å². The number of furan rings is 1. The number of hydrogen-bond donors (Lipinski definition) is 2. The van der Waals surface area contributed by atoms with Crippen LogP contribution in [0.2, 0.25) is 0 Å². The Labute approximate surface area is 112 Å². The van der Waals surface area contributed by atoms with E-state index in [1.54, 1.807) is 12.1 Å². The molecule has 0 unspecified atom stereocenters. The molecule has 0 fully saturated rings. The van der Waals surface area contributed by atoms with Crippen LogP contribution in [-0.4, -0.2) is 17.6 Å². The molecule has 4 heteroatoms. The van der Waals surface area contributed by atoms with E-state index >= 15 is 0 Å². The molecule has 2 aromatic rings. The van der Waals surface area contributed by atoms with Crippen LogP contribution in [0.25, 0.3) is 0 Å². The highest BCUT2D eigenvalue weighted by Crippen LogP contribution is 2.13. The molecule has 0 spiro atoms. The molecule has 1 aromatic heterocycles. The van der Waals surface area contributed by atoms with Crippen molar-refractivity contribution < 1.29 is 14.3 Å². The van der Waals surface area contributed by atoms with E-state index in [1.165, 1.54) is 0 Å². The van der Waals surface area contributed by atoms with Gasteiger partial charge in [0, 0.05) is 18.7 Å². The number of amides is 1. The number of rotatable bonds is 5. The van der Waals surface area contributed by atoms with Crippen LogP contribution in [0, 0.1) is 0 Å². The fourth-order valence-electron chi connectivity index (χ4n) is 1.77. The van der Waals surface area contributed by atoms with Crippen LogP contribution in [0.3, 0.4) is 0 Å². The van der Waals surface area contributed by atoms with Gasteiger partial charge in [-0.3, -0.25) is 4.79 Å². The lowest BCUT2D eigenvalue weighted by molar-refractivity contribution is 0.0995. The Morgan fingerprint density at radius 3 is 2.53 bits per heavy atom. The fraction of sp³-hybridized carbons (Fsp3) is 0.267. The van der Waals surface area contributed by atoms with Gasteiger partial charge in [0.15, 0.2) is 5.76 Å². The molecule has 0 saturated carbocycles. The number of benzene rings is 1. The van der Waals surface area contributed by atoms with Crippen LogP contribution in [0.1, 0.15) is 28.8 Å². The zero-order chi connectivity index (χ0) is 13.7. The highest BCUT2D eigenvalue weighted by atomic mass is 16.3. The number of carbonyl (C=O) groups excluding carboxylic acids is 1. The summed E-state index contributed by atoms with van der Waals surface area (Å²) in [7, 11) is 0. The third kappa shape index (κ3) is 3.45. The lowest BCUT2D eigenvalue weighted by atomic mass is 10.1. The number of anilines is 1. The van der Waals surface area contributed by atoms with Crippen LogP contribution >= 0.6 is 0 Å². The first-order valence-corrected chi connectivity index (χ1v) is 6.32. The van der Waals surface area contributed by atoms with Gasteiger partial charge in [0.2, 0.25) is 0 Å². The van der Waals surface area contributed by atoms with E-state index in [9.17, 15) is 4.79 Å². The maximum Gasteiger partial charge on any atom is 0.291 e. The quantitative estimate of drug-likeness (QED) is 0.867. The summed E-state index contributed by atoms with van der Waals surface area (Å²) in [5, 5.41) is 11.6. The van der Waals surface area contributed by atoms with Gasteiger partial charge in [-0.05, 0) is 36.2 Å². The summed E-state index contributed by atoms with van der Waals surface area (Å²) in [6.45, 7) is 2.10. The molecule has 0 saturated heterocycles. The third-order valence-corrected chi connectivity index (χ3v) is 2.85. The topological polar surface area (TPSA) is 62.5 Å². The van der Waals surface area contributed by atoms with E-state index in [2.05, 4.69) is 5.32 Å². The number of nitrogens with one attached hydrogen (secondary N) is 1. The second kappa shape index (κ2) is 6.20. The fourth-order valence-corrected chi connectivity index (χ4v) is 1.77. The SMILES string of the molecule is CCc1ccc(C(=O)Nc2ccc(CCO)cc2)o1. The average Bonchev–Trinajstić information content (AvgIpc) is 2.90. The Hall–Kier alpha value is -2.07. The zero-order valence-corrected chi connectivity index (χ0v) is 10.8. The van der Waals surface area contributed by atoms with Crippen molar-refractivity contribution in [2.24, 2.45) is 0 Å². The van der Waals surface area contributed by atoms with Crippen LogP contribution in [0.15, 0.2) is 40.8 Å². The molecule has 0 aliphatic carbocycles. The number of aliphatic hydroxyl groups excluding tert-OH is 1. The summed E-state index contributed by atoms with van der Waals surface area (Å²) in [6, 6.07) is 10.9. The minimum Gasteiger partial charge on any atom is -0.456 e. The van der Waals surface area contributed by atoms with Crippen LogP contribution in [-0.2, 0) is 12.8 Å². The van der Waals surface area contributed by atoms with Gasteiger partial charge in [-0.25, -0.2) is 0 Å². The molecule has 4 nitrogen and oxygen atoms in total. The van der Waals surface area contributed by atoms with Gasteiger partial charge in [-0.15, -0.1) is 0 Å². The minimum absolute atomic E-state index is 0.123. The van der Waals surface area contributed by atoms with Crippen LogP contribution in [0.4, 0.5) is 5.69 Å². The summed E-state index contributed by atoms with van der Waals surface area (Å²) in [5.41, 5.74) is 1.74. The summed E-state index contributed by atoms with van der Waals surface area (Å²) >= 11 is 0. The minimum atomic E-state index is -0.255. The maximum absolute atomic E-state index is 11.9. The summed E-state index contributed by atoms with van der Waals surface area (Å²) in [6.07, 6.45) is 1.38. The standard InChI is InChI=1S/C15H17NO3/c1-2-13-7-8-14(19-13)15(18)16-12-5-3-11(4-6-12)9-10-17/h3-8,17H,2,9-10H2,1H3,(H,16,18). The number of aryl methyl sites for hydroxylation is 1. The Kier molecular flexibility index (Phi) is 4.36. The van der Waals surface area contributed by atoms with Crippen LogP contribution < -0.4 is 5.32 Å². The van der Waals surface area contributed by atoms with E-state index in [-0.39, 0.29) is 12.5 Å². The molecule has 0 radical (unpaired) electrons. The van der Waals surface area contributed by atoms with Gasteiger partial charge in [-0.2, -0.15) is 0 Å². The highest BCUT2D eigenvalue weighted by Gasteiger charge is 2.10. The van der Waals surface area contributed by atoms with Crippen molar-refractivity contribution in [2.75, 3.05) is 11.9 Å². The molecule has 1 amide bonds. The van der Waals surface area contributed by atoms with Crippen molar-refractivity contribution in [3.05, 3.63) is 53.5 Å². The first-order valence-electron chi connectivity index (χ1n) is 6.32. The highest BCUT2D eigenvalue weighted by molar-refractivity contribution is 6.02. The smallest absolute Gasteiger partial charge is 0.291 e. The maximum atomic E-state index is 11.9.